The van der Waals surface area contributed by atoms with Gasteiger partial charge >= 0.3 is 0 Å². The quantitative estimate of drug-likeness (QED) is 0.657. The predicted molar refractivity (Wildman–Crippen MR) is 55.6 cm³/mol. The Morgan fingerprint density at radius 1 is 1.21 bits per heavy atom. The smallest absolute Gasteiger partial charge is 0.140 e. The molecule has 2 unspecified atom stereocenters. The molecule has 2 heteroatoms. The fraction of sp³-hybridized carbons (Fsp3) is 0.333. The average Bonchev–Trinajstić information content (AvgIpc) is 2.14. The highest BCUT2D eigenvalue weighted by molar-refractivity contribution is 5.29. The van der Waals surface area contributed by atoms with E-state index < -0.39 is 12.2 Å². The van der Waals surface area contributed by atoms with E-state index >= 15 is 0 Å². The van der Waals surface area contributed by atoms with Gasteiger partial charge in [-0.2, -0.15) is 0 Å². The fourth-order valence-electron chi connectivity index (χ4n) is 1.12. The molecule has 0 saturated heterocycles. The van der Waals surface area contributed by atoms with E-state index in [0.29, 0.717) is 0 Å². The Kier molecular flexibility index (Phi) is 3.70. The highest BCUT2D eigenvalue weighted by Gasteiger charge is 2.02. The van der Waals surface area contributed by atoms with E-state index in [-0.39, 0.29) is 0 Å². The first-order chi connectivity index (χ1) is 6.59. The zero-order valence-corrected chi connectivity index (χ0v) is 8.36. The number of aryl methyl sites for hydroxylation is 1. The summed E-state index contributed by atoms with van der Waals surface area (Å²) in [6.07, 6.45) is -1.51. The first-order valence-corrected chi connectivity index (χ1v) is 4.53. The molecule has 0 aliphatic rings. The molecule has 0 aromatic heterocycles. The zero-order valence-electron chi connectivity index (χ0n) is 8.36. The van der Waals surface area contributed by atoms with Gasteiger partial charge in [0.15, 0.2) is 0 Å². The molecule has 0 fully saturated rings. The van der Waals surface area contributed by atoms with E-state index in [1.165, 1.54) is 0 Å². The molecule has 0 aliphatic carbocycles. The van der Waals surface area contributed by atoms with Crippen LogP contribution in [0.1, 0.15) is 24.2 Å². The van der Waals surface area contributed by atoms with Crippen molar-refractivity contribution in [2.24, 2.45) is 0 Å². The standard InChI is InChI=1S/C12H14O2/c1-9-4-3-5-11(8-9)12(14)7-6-10(2)13/h3-5,8,10,12-14H,1-2H3. The number of benzene rings is 1. The molecular weight excluding hydrogens is 176 g/mol. The Morgan fingerprint density at radius 2 is 1.93 bits per heavy atom. The fourth-order valence-corrected chi connectivity index (χ4v) is 1.12. The van der Waals surface area contributed by atoms with Crippen molar-refractivity contribution in [3.05, 3.63) is 35.4 Å². The molecule has 2 N–H and O–H groups in total. The largest absolute Gasteiger partial charge is 0.381 e. The second kappa shape index (κ2) is 4.80. The van der Waals surface area contributed by atoms with Gasteiger partial charge in [-0.25, -0.2) is 0 Å². The summed E-state index contributed by atoms with van der Waals surface area (Å²) in [4.78, 5) is 0. The van der Waals surface area contributed by atoms with Crippen LogP contribution < -0.4 is 0 Å². The Balaban J connectivity index is 2.81. The van der Waals surface area contributed by atoms with E-state index in [1.807, 2.05) is 31.2 Å². The summed E-state index contributed by atoms with van der Waals surface area (Å²) in [6.45, 7) is 3.52. The summed E-state index contributed by atoms with van der Waals surface area (Å²) in [5, 5.41) is 18.5. The molecule has 2 nitrogen and oxygen atoms in total. The molecule has 1 aromatic carbocycles. The number of hydrogen-bond donors (Lipinski definition) is 2. The second-order valence-electron chi connectivity index (χ2n) is 3.28. The van der Waals surface area contributed by atoms with Crippen molar-refractivity contribution in [1.29, 1.82) is 0 Å². The average molecular weight is 190 g/mol. The zero-order chi connectivity index (χ0) is 10.6. The van der Waals surface area contributed by atoms with Gasteiger partial charge in [0, 0.05) is 0 Å². The molecular formula is C12H14O2. The topological polar surface area (TPSA) is 40.5 Å². The van der Waals surface area contributed by atoms with Crippen LogP contribution in [-0.2, 0) is 0 Å². The van der Waals surface area contributed by atoms with E-state index in [9.17, 15) is 5.11 Å². The first kappa shape index (κ1) is 10.8. The molecule has 0 heterocycles. The Hall–Kier alpha value is -1.30. The van der Waals surface area contributed by atoms with Gasteiger partial charge in [0.1, 0.15) is 12.2 Å². The maximum absolute atomic E-state index is 9.61. The van der Waals surface area contributed by atoms with Gasteiger partial charge in [-0.1, -0.05) is 41.7 Å². The van der Waals surface area contributed by atoms with Crippen LogP contribution in [0.4, 0.5) is 0 Å². The third kappa shape index (κ3) is 3.21. The minimum absolute atomic E-state index is 0.700. The van der Waals surface area contributed by atoms with E-state index in [4.69, 9.17) is 5.11 Å². The van der Waals surface area contributed by atoms with Crippen LogP contribution in [0.5, 0.6) is 0 Å². The molecule has 0 aliphatic heterocycles. The van der Waals surface area contributed by atoms with Gasteiger partial charge in [-0.15, -0.1) is 0 Å². The first-order valence-electron chi connectivity index (χ1n) is 4.53. The Morgan fingerprint density at radius 3 is 2.50 bits per heavy atom. The van der Waals surface area contributed by atoms with Gasteiger partial charge in [0.2, 0.25) is 0 Å². The summed E-state index contributed by atoms with van der Waals surface area (Å²) in [5.74, 6) is 5.10. The Bertz CT molecular complexity index is 358. The van der Waals surface area contributed by atoms with Crippen LogP contribution in [0, 0.1) is 18.8 Å². The lowest BCUT2D eigenvalue weighted by Gasteiger charge is -2.04. The molecule has 2 atom stereocenters. The van der Waals surface area contributed by atoms with Gasteiger partial charge in [0.25, 0.3) is 0 Å². The van der Waals surface area contributed by atoms with Crippen LogP contribution >= 0.6 is 0 Å². The van der Waals surface area contributed by atoms with Crippen LogP contribution in [0.25, 0.3) is 0 Å². The molecule has 0 radical (unpaired) electrons. The molecule has 1 rings (SSSR count). The second-order valence-corrected chi connectivity index (χ2v) is 3.28. The van der Waals surface area contributed by atoms with Gasteiger partial charge in [-0.05, 0) is 19.4 Å². The van der Waals surface area contributed by atoms with Gasteiger partial charge in [0.05, 0.1) is 0 Å². The number of hydrogen-bond acceptors (Lipinski definition) is 2. The molecule has 0 amide bonds. The summed E-state index contributed by atoms with van der Waals surface area (Å²) in [7, 11) is 0. The minimum Gasteiger partial charge on any atom is -0.381 e. The minimum atomic E-state index is -0.815. The van der Waals surface area contributed by atoms with Crippen molar-refractivity contribution in [1.82, 2.24) is 0 Å². The van der Waals surface area contributed by atoms with Crippen molar-refractivity contribution in [2.75, 3.05) is 0 Å². The third-order valence-electron chi connectivity index (χ3n) is 1.79. The lowest BCUT2D eigenvalue weighted by molar-refractivity contribution is 0.233. The van der Waals surface area contributed by atoms with Crippen molar-refractivity contribution < 1.29 is 10.2 Å². The lowest BCUT2D eigenvalue weighted by Crippen LogP contribution is -1.98. The summed E-state index contributed by atoms with van der Waals surface area (Å²) >= 11 is 0. The van der Waals surface area contributed by atoms with Crippen molar-refractivity contribution in [3.63, 3.8) is 0 Å². The van der Waals surface area contributed by atoms with E-state index in [0.717, 1.165) is 11.1 Å². The lowest BCUT2D eigenvalue weighted by atomic mass is 10.1. The SMILES string of the molecule is Cc1cccc(C(O)C#CC(C)O)c1. The van der Waals surface area contributed by atoms with Crippen molar-refractivity contribution in [2.45, 2.75) is 26.1 Å². The molecule has 0 spiro atoms. The number of aliphatic hydroxyl groups excluding tert-OH is 2. The number of rotatable bonds is 1. The predicted octanol–water partition coefficient (Wildman–Crippen LogP) is 1.41. The van der Waals surface area contributed by atoms with Crippen LogP contribution in [0.2, 0.25) is 0 Å². The monoisotopic (exact) mass is 190 g/mol. The van der Waals surface area contributed by atoms with Crippen LogP contribution in [0.3, 0.4) is 0 Å². The molecule has 0 bridgehead atoms. The van der Waals surface area contributed by atoms with E-state index in [2.05, 4.69) is 11.8 Å². The summed E-state index contributed by atoms with van der Waals surface area (Å²) in [5.41, 5.74) is 1.85. The normalized spacial score (nSPS) is 14.0. The van der Waals surface area contributed by atoms with E-state index in [1.54, 1.807) is 6.92 Å². The van der Waals surface area contributed by atoms with Gasteiger partial charge < -0.3 is 10.2 Å². The van der Waals surface area contributed by atoms with Crippen molar-refractivity contribution in [3.8, 4) is 11.8 Å². The molecule has 74 valence electrons. The maximum Gasteiger partial charge on any atom is 0.140 e. The summed E-state index contributed by atoms with van der Waals surface area (Å²) < 4.78 is 0. The highest BCUT2D eigenvalue weighted by atomic mass is 16.3. The molecule has 14 heavy (non-hydrogen) atoms. The third-order valence-corrected chi connectivity index (χ3v) is 1.79. The molecule has 0 saturated carbocycles. The molecule has 1 aromatic rings. The van der Waals surface area contributed by atoms with Crippen molar-refractivity contribution >= 4 is 0 Å². The highest BCUT2D eigenvalue weighted by Crippen LogP contribution is 2.12. The van der Waals surface area contributed by atoms with Gasteiger partial charge in [-0.3, -0.25) is 0 Å². The van der Waals surface area contributed by atoms with Crippen LogP contribution in [0.15, 0.2) is 24.3 Å². The maximum atomic E-state index is 9.61. The summed E-state index contributed by atoms with van der Waals surface area (Å²) in [6, 6.07) is 7.52. The Labute approximate surface area is 84.2 Å². The van der Waals surface area contributed by atoms with Crippen LogP contribution in [-0.4, -0.2) is 16.3 Å². The number of aliphatic hydroxyl groups is 2.